The Morgan fingerprint density at radius 2 is 1.29 bits per heavy atom. The van der Waals surface area contributed by atoms with Crippen molar-refractivity contribution in [3.05, 3.63) is 108 Å². The zero-order valence-corrected chi connectivity index (χ0v) is 23.8. The summed E-state index contributed by atoms with van der Waals surface area (Å²) >= 11 is 0. The van der Waals surface area contributed by atoms with Crippen LogP contribution in [0.1, 0.15) is 37.5 Å². The summed E-state index contributed by atoms with van der Waals surface area (Å²) < 4.78 is 0. The summed E-state index contributed by atoms with van der Waals surface area (Å²) in [6.45, 7) is 7.17. The number of piperazine rings is 1. The monoisotopic (exact) mass is 554 g/mol. The molecular formula is C33H38N4O4. The SMILES string of the molecule is CC(C)[C@H](NC(=O)N1CCN(C(=O)[C@@H]2CN2C(c2ccccc2)(c2ccccc2)c2ccccc2)C(C)C1)C(=O)O. The highest BCUT2D eigenvalue weighted by Crippen LogP contribution is 2.48. The van der Waals surface area contributed by atoms with Crippen LogP contribution in [-0.2, 0) is 15.1 Å². The number of benzene rings is 3. The minimum absolute atomic E-state index is 0.0512. The van der Waals surface area contributed by atoms with Crippen molar-refractivity contribution >= 4 is 17.9 Å². The van der Waals surface area contributed by atoms with Crippen LogP contribution in [0.15, 0.2) is 91.0 Å². The molecule has 2 aliphatic rings. The van der Waals surface area contributed by atoms with Crippen molar-refractivity contribution < 1.29 is 19.5 Å². The van der Waals surface area contributed by atoms with Gasteiger partial charge in [-0.15, -0.1) is 0 Å². The number of carbonyl (C=O) groups excluding carboxylic acids is 2. The summed E-state index contributed by atoms with van der Waals surface area (Å²) in [6.07, 6.45) is 0. The van der Waals surface area contributed by atoms with Crippen LogP contribution in [0.4, 0.5) is 4.79 Å². The molecule has 0 aromatic heterocycles. The van der Waals surface area contributed by atoms with Crippen molar-refractivity contribution in [2.24, 2.45) is 5.92 Å². The van der Waals surface area contributed by atoms with Crippen molar-refractivity contribution in [1.29, 1.82) is 0 Å². The second kappa shape index (κ2) is 11.7. The van der Waals surface area contributed by atoms with Crippen molar-refractivity contribution in [1.82, 2.24) is 20.0 Å². The van der Waals surface area contributed by atoms with Crippen LogP contribution in [0, 0.1) is 5.92 Å². The second-order valence-electron chi connectivity index (χ2n) is 11.3. The number of carboxylic acids is 1. The molecule has 2 heterocycles. The van der Waals surface area contributed by atoms with Gasteiger partial charge in [-0.2, -0.15) is 0 Å². The van der Waals surface area contributed by atoms with Gasteiger partial charge in [0, 0.05) is 32.2 Å². The Bertz CT molecular complexity index is 1270. The summed E-state index contributed by atoms with van der Waals surface area (Å²) in [4.78, 5) is 44.3. The van der Waals surface area contributed by atoms with E-state index in [-0.39, 0.29) is 23.9 Å². The predicted molar refractivity (Wildman–Crippen MR) is 157 cm³/mol. The molecule has 3 amide bonds. The van der Waals surface area contributed by atoms with E-state index in [2.05, 4.69) is 46.6 Å². The standard InChI is InChI=1S/C33H38N4O4/c1-23(2)29(31(39)40)34-32(41)35-19-20-36(24(3)21-35)30(38)28-22-37(28)33(25-13-7-4-8-14-25,26-15-9-5-10-16-26)27-17-11-6-12-18-27/h4-18,23-24,28-29H,19-22H2,1-3H3,(H,34,41)(H,39,40)/t24?,28-,29-,37?/m0/s1. The first kappa shape index (κ1) is 28.4. The van der Waals surface area contributed by atoms with E-state index in [1.807, 2.05) is 66.4 Å². The summed E-state index contributed by atoms with van der Waals surface area (Å²) in [5.41, 5.74) is 2.65. The molecule has 0 saturated carbocycles. The minimum atomic E-state index is -1.05. The number of urea groups is 1. The van der Waals surface area contributed by atoms with E-state index in [1.165, 1.54) is 0 Å². The number of nitrogens with one attached hydrogen (secondary N) is 1. The first-order valence-corrected chi connectivity index (χ1v) is 14.3. The molecular weight excluding hydrogens is 516 g/mol. The Kier molecular flexibility index (Phi) is 8.13. The van der Waals surface area contributed by atoms with Gasteiger partial charge in [0.25, 0.3) is 0 Å². The maximum Gasteiger partial charge on any atom is 0.326 e. The van der Waals surface area contributed by atoms with E-state index < -0.39 is 23.6 Å². The third-order valence-corrected chi connectivity index (χ3v) is 8.31. The molecule has 0 aliphatic carbocycles. The molecule has 41 heavy (non-hydrogen) atoms. The first-order chi connectivity index (χ1) is 19.7. The highest BCUT2D eigenvalue weighted by atomic mass is 16.4. The summed E-state index contributed by atoms with van der Waals surface area (Å²) in [5.74, 6) is -1.24. The highest BCUT2D eigenvalue weighted by Gasteiger charge is 2.57. The Morgan fingerprint density at radius 1 is 0.805 bits per heavy atom. The lowest BCUT2D eigenvalue weighted by atomic mass is 9.76. The van der Waals surface area contributed by atoms with Gasteiger partial charge in [-0.05, 0) is 29.5 Å². The van der Waals surface area contributed by atoms with Crippen molar-refractivity contribution in [2.45, 2.75) is 44.4 Å². The normalized spacial score (nSPS) is 21.3. The van der Waals surface area contributed by atoms with Crippen LogP contribution < -0.4 is 5.32 Å². The number of rotatable bonds is 8. The fourth-order valence-electron chi connectivity index (χ4n) is 6.16. The molecule has 4 atom stereocenters. The molecule has 5 rings (SSSR count). The van der Waals surface area contributed by atoms with Crippen LogP contribution >= 0.6 is 0 Å². The van der Waals surface area contributed by atoms with Gasteiger partial charge in [-0.3, -0.25) is 9.69 Å². The van der Waals surface area contributed by atoms with E-state index in [0.717, 1.165) is 16.7 Å². The molecule has 3 aromatic rings. The Hall–Kier alpha value is -4.17. The highest BCUT2D eigenvalue weighted by molar-refractivity contribution is 5.87. The van der Waals surface area contributed by atoms with Crippen molar-refractivity contribution in [3.63, 3.8) is 0 Å². The third-order valence-electron chi connectivity index (χ3n) is 8.31. The van der Waals surface area contributed by atoms with E-state index in [1.54, 1.807) is 18.7 Å². The van der Waals surface area contributed by atoms with Gasteiger partial charge < -0.3 is 20.2 Å². The molecule has 2 saturated heterocycles. The molecule has 0 spiro atoms. The van der Waals surface area contributed by atoms with Crippen LogP contribution in [0.2, 0.25) is 0 Å². The van der Waals surface area contributed by atoms with E-state index >= 15 is 0 Å². The van der Waals surface area contributed by atoms with Gasteiger partial charge in [0.1, 0.15) is 12.1 Å². The van der Waals surface area contributed by atoms with Gasteiger partial charge in [0.2, 0.25) is 5.91 Å². The lowest BCUT2D eigenvalue weighted by Gasteiger charge is -2.41. The van der Waals surface area contributed by atoms with Gasteiger partial charge >= 0.3 is 12.0 Å². The molecule has 8 nitrogen and oxygen atoms in total. The van der Waals surface area contributed by atoms with E-state index in [4.69, 9.17) is 0 Å². The number of nitrogens with zero attached hydrogens (tertiary/aromatic N) is 3. The fraction of sp³-hybridized carbons (Fsp3) is 0.364. The average Bonchev–Trinajstić information content (AvgIpc) is 3.78. The number of carboxylic acid groups (broad SMARTS) is 1. The molecule has 0 bridgehead atoms. The number of amides is 3. The number of carbonyl (C=O) groups is 3. The predicted octanol–water partition coefficient (Wildman–Crippen LogP) is 4.01. The van der Waals surface area contributed by atoms with Gasteiger partial charge in [0.15, 0.2) is 0 Å². The molecule has 2 fully saturated rings. The zero-order chi connectivity index (χ0) is 29.1. The van der Waals surface area contributed by atoms with Gasteiger partial charge in [0.05, 0.1) is 5.54 Å². The van der Waals surface area contributed by atoms with Crippen LogP contribution in [-0.4, -0.2) is 82.0 Å². The molecule has 3 aromatic carbocycles. The molecule has 8 heteroatoms. The largest absolute Gasteiger partial charge is 0.480 e. The average molecular weight is 555 g/mol. The van der Waals surface area contributed by atoms with Crippen molar-refractivity contribution in [3.8, 4) is 0 Å². The van der Waals surface area contributed by atoms with Crippen molar-refractivity contribution in [2.75, 3.05) is 26.2 Å². The van der Waals surface area contributed by atoms with Gasteiger partial charge in [-0.1, -0.05) is 105 Å². The lowest BCUT2D eigenvalue weighted by molar-refractivity contribution is -0.140. The lowest BCUT2D eigenvalue weighted by Crippen LogP contribution is -2.60. The third kappa shape index (κ3) is 5.44. The van der Waals surface area contributed by atoms with Crippen LogP contribution in [0.3, 0.4) is 0 Å². The first-order valence-electron chi connectivity index (χ1n) is 14.3. The van der Waals surface area contributed by atoms with E-state index in [0.29, 0.717) is 26.2 Å². The molecule has 214 valence electrons. The quantitative estimate of drug-likeness (QED) is 0.324. The Morgan fingerprint density at radius 3 is 1.71 bits per heavy atom. The minimum Gasteiger partial charge on any atom is -0.480 e. The maximum absolute atomic E-state index is 14.0. The number of aliphatic carboxylic acids is 1. The topological polar surface area (TPSA) is 93.0 Å². The summed E-state index contributed by atoms with van der Waals surface area (Å²) in [6, 6.07) is 29.1. The van der Waals surface area contributed by atoms with E-state index in [9.17, 15) is 19.5 Å². The second-order valence-corrected chi connectivity index (χ2v) is 11.3. The fourth-order valence-corrected chi connectivity index (χ4v) is 6.16. The number of hydrogen-bond acceptors (Lipinski definition) is 4. The zero-order valence-electron chi connectivity index (χ0n) is 23.8. The molecule has 2 unspecified atom stereocenters. The summed E-state index contributed by atoms with van der Waals surface area (Å²) in [7, 11) is 0. The molecule has 2 aliphatic heterocycles. The Labute approximate surface area is 241 Å². The van der Waals surface area contributed by atoms with Crippen LogP contribution in [0.25, 0.3) is 0 Å². The Balaban J connectivity index is 1.39. The summed E-state index contributed by atoms with van der Waals surface area (Å²) in [5, 5.41) is 12.1. The van der Waals surface area contributed by atoms with Crippen LogP contribution in [0.5, 0.6) is 0 Å². The number of hydrogen-bond donors (Lipinski definition) is 2. The molecule has 0 radical (unpaired) electrons. The smallest absolute Gasteiger partial charge is 0.326 e. The maximum atomic E-state index is 14.0. The molecule has 2 N–H and O–H groups in total. The van der Waals surface area contributed by atoms with Gasteiger partial charge in [-0.25, -0.2) is 9.59 Å².